The molecule has 4 heteroatoms. The lowest BCUT2D eigenvalue weighted by Crippen LogP contribution is -2.02. The molecule has 2 nitrogen and oxygen atoms in total. The number of thiazole rings is 1. The van der Waals surface area contributed by atoms with Gasteiger partial charge < -0.3 is 5.32 Å². The Kier molecular flexibility index (Phi) is 4.78. The van der Waals surface area contributed by atoms with Gasteiger partial charge in [-0.25, -0.2) is 4.98 Å². The summed E-state index contributed by atoms with van der Waals surface area (Å²) in [5, 5.41) is 3.51. The number of rotatable bonds is 6. The summed E-state index contributed by atoms with van der Waals surface area (Å²) in [6.07, 6.45) is 4.33. The number of nitrogens with one attached hydrogen (secondary N) is 1. The van der Waals surface area contributed by atoms with Crippen molar-refractivity contribution in [3.63, 3.8) is 0 Å². The molecule has 21 heavy (non-hydrogen) atoms. The van der Waals surface area contributed by atoms with Crippen molar-refractivity contribution in [3.05, 3.63) is 54.1 Å². The number of hydrogen-bond acceptors (Lipinski definition) is 4. The molecule has 0 spiro atoms. The smallest absolute Gasteiger partial charge is 0.150 e. The van der Waals surface area contributed by atoms with Crippen LogP contribution in [0.2, 0.25) is 0 Å². The van der Waals surface area contributed by atoms with E-state index < -0.39 is 0 Å². The molecule has 0 radical (unpaired) electrons. The van der Waals surface area contributed by atoms with Crippen LogP contribution in [0.3, 0.4) is 0 Å². The second-order valence-electron chi connectivity index (χ2n) is 4.88. The Balaban J connectivity index is 1.55. The van der Waals surface area contributed by atoms with Crippen LogP contribution in [0.4, 0.5) is 5.69 Å². The zero-order valence-corrected chi connectivity index (χ0v) is 13.6. The van der Waals surface area contributed by atoms with Crippen molar-refractivity contribution in [3.8, 4) is 0 Å². The maximum absolute atomic E-state index is 4.56. The molecule has 0 bridgehead atoms. The van der Waals surface area contributed by atoms with Crippen LogP contribution in [0.1, 0.15) is 12.0 Å². The van der Waals surface area contributed by atoms with Gasteiger partial charge in [0.2, 0.25) is 0 Å². The van der Waals surface area contributed by atoms with Crippen LogP contribution >= 0.6 is 23.1 Å². The first-order valence-electron chi connectivity index (χ1n) is 7.07. The first kappa shape index (κ1) is 14.4. The van der Waals surface area contributed by atoms with Crippen molar-refractivity contribution >= 4 is 39.0 Å². The van der Waals surface area contributed by atoms with Crippen LogP contribution in [0.25, 0.3) is 10.2 Å². The van der Waals surface area contributed by atoms with Crippen LogP contribution in [0.15, 0.2) is 52.9 Å². The molecule has 0 amide bonds. The maximum Gasteiger partial charge on any atom is 0.150 e. The molecule has 0 aliphatic carbocycles. The fraction of sp³-hybridized carbons (Fsp3) is 0.235. The third kappa shape index (κ3) is 3.77. The van der Waals surface area contributed by atoms with E-state index >= 15 is 0 Å². The van der Waals surface area contributed by atoms with Crippen molar-refractivity contribution in [1.82, 2.24) is 4.98 Å². The number of anilines is 1. The number of fused-ring (bicyclic) bond motifs is 1. The lowest BCUT2D eigenvalue weighted by molar-refractivity contribution is 0.863. The zero-order valence-electron chi connectivity index (χ0n) is 12.0. The average Bonchev–Trinajstić information content (AvgIpc) is 2.95. The van der Waals surface area contributed by atoms with E-state index in [1.54, 1.807) is 23.1 Å². The summed E-state index contributed by atoms with van der Waals surface area (Å²) in [5.74, 6) is 0. The predicted octanol–water partition coefficient (Wildman–Crippen LogP) is 5.06. The quantitative estimate of drug-likeness (QED) is 0.508. The Morgan fingerprint density at radius 3 is 2.81 bits per heavy atom. The highest BCUT2D eigenvalue weighted by Gasteiger charge is 2.03. The van der Waals surface area contributed by atoms with Gasteiger partial charge in [-0.15, -0.1) is 11.3 Å². The van der Waals surface area contributed by atoms with E-state index in [0.717, 1.165) is 29.2 Å². The lowest BCUT2D eigenvalue weighted by atomic mass is 10.1. The van der Waals surface area contributed by atoms with Gasteiger partial charge in [-0.1, -0.05) is 42.1 Å². The molecule has 0 aliphatic heterocycles. The van der Waals surface area contributed by atoms with Gasteiger partial charge in [-0.3, -0.25) is 0 Å². The van der Waals surface area contributed by atoms with Gasteiger partial charge in [-0.2, -0.15) is 0 Å². The van der Waals surface area contributed by atoms with Crippen molar-refractivity contribution < 1.29 is 0 Å². The highest BCUT2D eigenvalue weighted by molar-refractivity contribution is 8.00. The fourth-order valence-corrected chi connectivity index (χ4v) is 3.80. The van der Waals surface area contributed by atoms with Crippen LogP contribution in [-0.4, -0.2) is 17.8 Å². The Hall–Kier alpha value is -1.52. The van der Waals surface area contributed by atoms with Crippen LogP contribution in [0, 0.1) is 0 Å². The molecule has 1 N–H and O–H groups in total. The predicted molar refractivity (Wildman–Crippen MR) is 94.7 cm³/mol. The van der Waals surface area contributed by atoms with E-state index in [9.17, 15) is 0 Å². The summed E-state index contributed by atoms with van der Waals surface area (Å²) >= 11 is 3.47. The molecule has 3 aromatic rings. The maximum atomic E-state index is 4.56. The minimum Gasteiger partial charge on any atom is -0.385 e. The van der Waals surface area contributed by atoms with Gasteiger partial charge in [0.05, 0.1) is 10.2 Å². The summed E-state index contributed by atoms with van der Waals surface area (Å²) in [7, 11) is 0. The zero-order chi connectivity index (χ0) is 14.5. The summed E-state index contributed by atoms with van der Waals surface area (Å²) < 4.78 is 2.39. The number of hydrogen-bond donors (Lipinski definition) is 1. The first-order chi connectivity index (χ1) is 10.3. The number of aryl methyl sites for hydroxylation is 1. The summed E-state index contributed by atoms with van der Waals surface area (Å²) in [6.45, 7) is 0.995. The Bertz CT molecular complexity index is 707. The van der Waals surface area contributed by atoms with Crippen molar-refractivity contribution in [2.75, 3.05) is 18.1 Å². The number of nitrogens with zero attached hydrogens (tertiary/aromatic N) is 1. The minimum absolute atomic E-state index is 0.995. The Morgan fingerprint density at radius 1 is 1.14 bits per heavy atom. The third-order valence-corrected chi connectivity index (χ3v) is 5.36. The van der Waals surface area contributed by atoms with Crippen LogP contribution in [0.5, 0.6) is 0 Å². The third-order valence-electron chi connectivity index (χ3n) is 3.36. The topological polar surface area (TPSA) is 24.9 Å². The normalized spacial score (nSPS) is 10.9. The monoisotopic (exact) mass is 314 g/mol. The molecular weight excluding hydrogens is 296 g/mol. The number of aromatic nitrogens is 1. The van der Waals surface area contributed by atoms with Crippen molar-refractivity contribution in [2.45, 2.75) is 17.2 Å². The Morgan fingerprint density at radius 2 is 2.00 bits per heavy atom. The molecule has 2 aromatic carbocycles. The van der Waals surface area contributed by atoms with E-state index in [4.69, 9.17) is 0 Å². The summed E-state index contributed by atoms with van der Waals surface area (Å²) in [5.41, 5.74) is 3.69. The van der Waals surface area contributed by atoms with E-state index in [1.165, 1.54) is 16.0 Å². The van der Waals surface area contributed by atoms with Gasteiger partial charge in [0.25, 0.3) is 0 Å². The van der Waals surface area contributed by atoms with E-state index in [-0.39, 0.29) is 0 Å². The van der Waals surface area contributed by atoms with E-state index in [1.807, 2.05) is 0 Å². The van der Waals surface area contributed by atoms with Gasteiger partial charge in [0.1, 0.15) is 0 Å². The SMILES string of the molecule is CSc1nc2ccc(NCCCc3ccccc3)cc2s1. The number of benzene rings is 2. The van der Waals surface area contributed by atoms with Gasteiger partial charge >= 0.3 is 0 Å². The average molecular weight is 314 g/mol. The van der Waals surface area contributed by atoms with Gasteiger partial charge in [0.15, 0.2) is 4.34 Å². The summed E-state index contributed by atoms with van der Waals surface area (Å²) in [6, 6.07) is 17.1. The molecule has 0 fully saturated rings. The summed E-state index contributed by atoms with van der Waals surface area (Å²) in [4.78, 5) is 4.56. The molecular formula is C17H18N2S2. The first-order valence-corrected chi connectivity index (χ1v) is 9.11. The van der Waals surface area contributed by atoms with Crippen LogP contribution < -0.4 is 5.32 Å². The molecule has 0 unspecified atom stereocenters. The van der Waals surface area contributed by atoms with E-state index in [0.29, 0.717) is 0 Å². The number of thioether (sulfide) groups is 1. The van der Waals surface area contributed by atoms with Crippen LogP contribution in [-0.2, 0) is 6.42 Å². The molecule has 1 aromatic heterocycles. The molecule has 0 aliphatic rings. The second-order valence-corrected chi connectivity index (χ2v) is 6.97. The van der Waals surface area contributed by atoms with Gasteiger partial charge in [0, 0.05) is 12.2 Å². The lowest BCUT2D eigenvalue weighted by Gasteiger charge is -2.06. The van der Waals surface area contributed by atoms with Crippen molar-refractivity contribution in [2.24, 2.45) is 0 Å². The van der Waals surface area contributed by atoms with Gasteiger partial charge in [-0.05, 0) is 42.9 Å². The van der Waals surface area contributed by atoms with Crippen molar-refractivity contribution in [1.29, 1.82) is 0 Å². The highest BCUT2D eigenvalue weighted by atomic mass is 32.2. The molecule has 3 rings (SSSR count). The highest BCUT2D eigenvalue weighted by Crippen LogP contribution is 2.29. The second kappa shape index (κ2) is 6.96. The Labute approximate surface area is 133 Å². The minimum atomic E-state index is 0.995. The fourth-order valence-electron chi connectivity index (χ4n) is 2.27. The van der Waals surface area contributed by atoms with E-state index in [2.05, 4.69) is 65.1 Å². The standard InChI is InChI=1S/C17H18N2S2/c1-20-17-19-15-10-9-14(12-16(15)21-17)18-11-5-8-13-6-3-2-4-7-13/h2-4,6-7,9-10,12,18H,5,8,11H2,1H3. The molecule has 108 valence electrons. The molecule has 1 heterocycles. The largest absolute Gasteiger partial charge is 0.385 e. The molecule has 0 saturated carbocycles. The molecule has 0 saturated heterocycles. The molecule has 0 atom stereocenters.